The Bertz CT molecular complexity index is 835. The maximum absolute atomic E-state index is 12.4. The van der Waals surface area contributed by atoms with Gasteiger partial charge in [-0.15, -0.1) is 11.8 Å². The van der Waals surface area contributed by atoms with Gasteiger partial charge in [0.05, 0.1) is 4.90 Å². The molecule has 0 fully saturated rings. The second-order valence-corrected chi connectivity index (χ2v) is 8.23. The molecule has 2 N–H and O–H groups in total. The van der Waals surface area contributed by atoms with Crippen molar-refractivity contribution in [1.29, 1.82) is 0 Å². The fourth-order valence-electron chi connectivity index (χ4n) is 2.28. The van der Waals surface area contributed by atoms with Gasteiger partial charge in [-0.2, -0.15) is 0 Å². The molecule has 8 heteroatoms. The molecule has 0 spiro atoms. The number of nitrogens with one attached hydrogen (secondary N) is 2. The van der Waals surface area contributed by atoms with Crippen LogP contribution in [0.2, 0.25) is 0 Å². The molecule has 0 aliphatic carbocycles. The van der Waals surface area contributed by atoms with Gasteiger partial charge in [0.25, 0.3) is 15.9 Å². The smallest absolute Gasteiger partial charge is 0.261 e. The predicted octanol–water partition coefficient (Wildman–Crippen LogP) is 3.37. The number of hydrogen-bond donors (Lipinski definition) is 2. The van der Waals surface area contributed by atoms with Gasteiger partial charge in [-0.05, 0) is 68.1 Å². The van der Waals surface area contributed by atoms with E-state index in [9.17, 15) is 13.2 Å². The summed E-state index contributed by atoms with van der Waals surface area (Å²) in [4.78, 5) is 13.2. The van der Waals surface area contributed by atoms with Crippen LogP contribution in [0.3, 0.4) is 0 Å². The minimum absolute atomic E-state index is 0.191. The number of anilines is 1. The summed E-state index contributed by atoms with van der Waals surface area (Å²) in [6.07, 6.45) is 2.67. The lowest BCUT2D eigenvalue weighted by molar-refractivity contribution is 0.0944. The average molecular weight is 409 g/mol. The van der Waals surface area contributed by atoms with Gasteiger partial charge >= 0.3 is 0 Å². The van der Waals surface area contributed by atoms with Crippen LogP contribution in [0.25, 0.3) is 0 Å². The van der Waals surface area contributed by atoms with Crippen molar-refractivity contribution in [2.75, 3.05) is 30.7 Å². The lowest BCUT2D eigenvalue weighted by Gasteiger charge is -2.10. The Hall–Kier alpha value is -2.03. The molecule has 2 aromatic carbocycles. The zero-order valence-corrected chi connectivity index (χ0v) is 17.0. The predicted molar refractivity (Wildman–Crippen MR) is 109 cm³/mol. The van der Waals surface area contributed by atoms with Crippen LogP contribution in [0.15, 0.2) is 58.3 Å². The molecule has 27 heavy (non-hydrogen) atoms. The van der Waals surface area contributed by atoms with E-state index in [1.807, 2.05) is 13.2 Å². The molecule has 6 nitrogen and oxygen atoms in total. The third kappa shape index (κ3) is 6.57. The molecule has 0 saturated heterocycles. The zero-order chi connectivity index (χ0) is 19.7. The number of rotatable bonds is 10. The van der Waals surface area contributed by atoms with Gasteiger partial charge in [0, 0.05) is 35.9 Å². The molecule has 0 aliphatic rings. The first-order valence-corrected chi connectivity index (χ1v) is 11.3. The van der Waals surface area contributed by atoms with Crippen LogP contribution in [-0.2, 0) is 14.8 Å². The van der Waals surface area contributed by atoms with Crippen LogP contribution < -0.4 is 10.0 Å². The molecule has 0 heterocycles. The first kappa shape index (κ1) is 21.3. The van der Waals surface area contributed by atoms with Gasteiger partial charge < -0.3 is 10.1 Å². The second-order valence-electron chi connectivity index (χ2n) is 5.66. The number of sulfonamides is 1. The summed E-state index contributed by atoms with van der Waals surface area (Å²) in [5, 5.41) is 2.80. The first-order chi connectivity index (χ1) is 13.0. The van der Waals surface area contributed by atoms with Crippen molar-refractivity contribution >= 4 is 33.4 Å². The van der Waals surface area contributed by atoms with Crippen LogP contribution in [0.1, 0.15) is 23.7 Å². The van der Waals surface area contributed by atoms with Crippen LogP contribution in [0.4, 0.5) is 5.69 Å². The third-order valence-corrected chi connectivity index (χ3v) is 5.86. The summed E-state index contributed by atoms with van der Waals surface area (Å²) in [6.45, 7) is 3.72. The molecule has 1 amide bonds. The van der Waals surface area contributed by atoms with Gasteiger partial charge in [-0.3, -0.25) is 9.52 Å². The van der Waals surface area contributed by atoms with Crippen molar-refractivity contribution in [2.24, 2.45) is 0 Å². The highest BCUT2D eigenvalue weighted by Crippen LogP contribution is 2.20. The number of amides is 1. The fourth-order valence-corrected chi connectivity index (χ4v) is 3.75. The lowest BCUT2D eigenvalue weighted by Crippen LogP contribution is -2.25. The van der Waals surface area contributed by atoms with E-state index in [2.05, 4.69) is 10.0 Å². The van der Waals surface area contributed by atoms with E-state index in [1.165, 1.54) is 0 Å². The van der Waals surface area contributed by atoms with E-state index in [0.29, 0.717) is 31.0 Å². The largest absolute Gasteiger partial charge is 0.382 e. The van der Waals surface area contributed by atoms with Gasteiger partial charge in [-0.1, -0.05) is 0 Å². The van der Waals surface area contributed by atoms with E-state index >= 15 is 0 Å². The summed E-state index contributed by atoms with van der Waals surface area (Å²) in [6, 6.07) is 13.0. The minimum atomic E-state index is -3.67. The number of ether oxygens (including phenoxy) is 1. The number of carbonyl (C=O) groups excluding carboxylic acids is 1. The standard InChI is InChI=1S/C19H24N2O4S2/c1-3-25-14-4-13-20-19(22)15-5-7-16(8-6-15)21-27(23,24)18-11-9-17(26-2)10-12-18/h5-12,21H,3-4,13-14H2,1-2H3,(H,20,22). The first-order valence-electron chi connectivity index (χ1n) is 8.59. The van der Waals surface area contributed by atoms with Crippen molar-refractivity contribution in [3.8, 4) is 0 Å². The molecule has 146 valence electrons. The number of carbonyl (C=O) groups is 1. The molecule has 2 rings (SSSR count). The number of thioether (sulfide) groups is 1. The molecule has 0 radical (unpaired) electrons. The van der Waals surface area contributed by atoms with Crippen molar-refractivity contribution in [3.63, 3.8) is 0 Å². The molecule has 0 aliphatic heterocycles. The number of benzene rings is 2. The Labute approximate surface area is 164 Å². The highest BCUT2D eigenvalue weighted by atomic mass is 32.2. The second kappa shape index (κ2) is 10.3. The van der Waals surface area contributed by atoms with Gasteiger partial charge in [0.15, 0.2) is 0 Å². The highest BCUT2D eigenvalue weighted by Gasteiger charge is 2.14. The molecular formula is C19H24N2O4S2. The van der Waals surface area contributed by atoms with Crippen molar-refractivity contribution in [1.82, 2.24) is 5.32 Å². The summed E-state index contributed by atoms with van der Waals surface area (Å²) in [5.41, 5.74) is 0.871. The molecule has 0 aromatic heterocycles. The van der Waals surface area contributed by atoms with Crippen LogP contribution >= 0.6 is 11.8 Å². The van der Waals surface area contributed by atoms with E-state index in [0.717, 1.165) is 11.3 Å². The van der Waals surface area contributed by atoms with Crippen molar-refractivity contribution < 1.29 is 17.9 Å². The topological polar surface area (TPSA) is 84.5 Å². The van der Waals surface area contributed by atoms with Gasteiger partial charge in [0.1, 0.15) is 0 Å². The molecule has 0 bridgehead atoms. The molecule has 0 saturated carbocycles. The van der Waals surface area contributed by atoms with E-state index in [4.69, 9.17) is 4.74 Å². The van der Waals surface area contributed by atoms with Crippen LogP contribution in [0.5, 0.6) is 0 Å². The Morgan fingerprint density at radius 1 is 1.07 bits per heavy atom. The molecule has 0 atom stereocenters. The third-order valence-electron chi connectivity index (χ3n) is 3.72. The summed E-state index contributed by atoms with van der Waals surface area (Å²) >= 11 is 1.55. The summed E-state index contributed by atoms with van der Waals surface area (Å²) in [7, 11) is -3.67. The molecule has 2 aromatic rings. The molecule has 0 unspecified atom stereocenters. The molecular weight excluding hydrogens is 384 g/mol. The monoisotopic (exact) mass is 408 g/mol. The zero-order valence-electron chi connectivity index (χ0n) is 15.4. The minimum Gasteiger partial charge on any atom is -0.382 e. The summed E-state index contributed by atoms with van der Waals surface area (Å²) < 4.78 is 32.6. The van der Waals surface area contributed by atoms with Gasteiger partial charge in [0.2, 0.25) is 0 Å². The Kier molecular flexibility index (Phi) is 8.15. The maximum atomic E-state index is 12.4. The normalized spacial score (nSPS) is 11.2. The van der Waals surface area contributed by atoms with E-state index in [1.54, 1.807) is 60.3 Å². The Morgan fingerprint density at radius 3 is 2.33 bits per heavy atom. The van der Waals surface area contributed by atoms with E-state index < -0.39 is 10.0 Å². The number of hydrogen-bond acceptors (Lipinski definition) is 5. The highest BCUT2D eigenvalue weighted by molar-refractivity contribution is 7.98. The van der Waals surface area contributed by atoms with Crippen LogP contribution in [-0.4, -0.2) is 40.3 Å². The Balaban J connectivity index is 1.94. The fraction of sp³-hybridized carbons (Fsp3) is 0.316. The van der Waals surface area contributed by atoms with Gasteiger partial charge in [-0.25, -0.2) is 8.42 Å². The Morgan fingerprint density at radius 2 is 1.74 bits per heavy atom. The quantitative estimate of drug-likeness (QED) is 0.465. The van der Waals surface area contributed by atoms with Crippen LogP contribution in [0, 0.1) is 0 Å². The maximum Gasteiger partial charge on any atom is 0.261 e. The average Bonchev–Trinajstić information content (AvgIpc) is 2.68. The SMILES string of the molecule is CCOCCCNC(=O)c1ccc(NS(=O)(=O)c2ccc(SC)cc2)cc1. The van der Waals surface area contributed by atoms with E-state index in [-0.39, 0.29) is 10.8 Å². The van der Waals surface area contributed by atoms with Crippen molar-refractivity contribution in [2.45, 2.75) is 23.1 Å². The lowest BCUT2D eigenvalue weighted by atomic mass is 10.2. The summed E-state index contributed by atoms with van der Waals surface area (Å²) in [5.74, 6) is -0.200. The van der Waals surface area contributed by atoms with Crippen molar-refractivity contribution in [3.05, 3.63) is 54.1 Å².